The van der Waals surface area contributed by atoms with E-state index in [1.54, 1.807) is 35.3 Å². The van der Waals surface area contributed by atoms with Crippen molar-refractivity contribution >= 4 is 53.1 Å². The predicted octanol–water partition coefficient (Wildman–Crippen LogP) is 0.541. The number of aliphatic carboxylic acids is 2. The van der Waals surface area contributed by atoms with Gasteiger partial charge >= 0.3 is 11.9 Å². The van der Waals surface area contributed by atoms with Crippen molar-refractivity contribution in [1.82, 2.24) is 5.32 Å². The van der Waals surface area contributed by atoms with Crippen LogP contribution in [0.2, 0.25) is 0 Å². The molecular weight excluding hydrogens is 398 g/mol. The lowest BCUT2D eigenvalue weighted by atomic mass is 10.2. The Hall–Kier alpha value is -0.620. The van der Waals surface area contributed by atoms with Crippen LogP contribution in [0.4, 0.5) is 0 Å². The van der Waals surface area contributed by atoms with Gasteiger partial charge < -0.3 is 27.0 Å². The number of hydrogen-bond acceptors (Lipinski definition) is 8. The zero-order valence-corrected chi connectivity index (χ0v) is 17.9. The Morgan fingerprint density at radius 3 is 1.62 bits per heavy atom. The molecule has 0 spiro atoms. The number of hydrogen-bond donors (Lipinski definition) is 5. The van der Waals surface area contributed by atoms with Crippen LogP contribution in [0.15, 0.2) is 0 Å². The molecule has 11 heteroatoms. The van der Waals surface area contributed by atoms with E-state index in [0.29, 0.717) is 25.0 Å². The monoisotopic (exact) mass is 429 g/mol. The summed E-state index contributed by atoms with van der Waals surface area (Å²) in [4.78, 5) is 32.6. The number of carboxylic acid groups (broad SMARTS) is 2. The number of rotatable bonds is 13. The van der Waals surface area contributed by atoms with Crippen LogP contribution in [0.25, 0.3) is 0 Å². The number of nitrogens with one attached hydrogen (secondary N) is 1. The fraction of sp³-hybridized carbons (Fsp3) is 0.800. The molecule has 26 heavy (non-hydrogen) atoms. The van der Waals surface area contributed by atoms with Gasteiger partial charge in [0.2, 0.25) is 5.91 Å². The van der Waals surface area contributed by atoms with Gasteiger partial charge in [0, 0.05) is 0 Å². The van der Waals surface area contributed by atoms with E-state index in [1.165, 1.54) is 0 Å². The van der Waals surface area contributed by atoms with Crippen LogP contribution in [0, 0.1) is 0 Å². The second kappa shape index (κ2) is 17.8. The first-order valence-corrected chi connectivity index (χ1v) is 12.1. The summed E-state index contributed by atoms with van der Waals surface area (Å²) in [5.74, 6) is -0.0110. The van der Waals surface area contributed by atoms with Crippen molar-refractivity contribution in [3.8, 4) is 0 Å². The van der Waals surface area contributed by atoms with Gasteiger partial charge in [-0.05, 0) is 55.3 Å². The lowest BCUT2D eigenvalue weighted by Gasteiger charge is -2.17. The zero-order chi connectivity index (χ0) is 20.5. The summed E-state index contributed by atoms with van der Waals surface area (Å²) in [5.41, 5.74) is 10.8. The van der Waals surface area contributed by atoms with Crippen LogP contribution in [0.1, 0.15) is 19.3 Å². The Kier molecular flexibility index (Phi) is 18.9. The molecule has 0 fully saturated rings. The number of nitrogens with two attached hydrogens (primary N) is 2. The van der Waals surface area contributed by atoms with Crippen LogP contribution in [-0.4, -0.2) is 82.2 Å². The molecule has 0 rings (SSSR count). The molecule has 0 saturated carbocycles. The molecule has 7 N–H and O–H groups in total. The predicted molar refractivity (Wildman–Crippen MR) is 112 cm³/mol. The zero-order valence-electron chi connectivity index (χ0n) is 15.5. The molecule has 8 nitrogen and oxygen atoms in total. The van der Waals surface area contributed by atoms with Crippen LogP contribution < -0.4 is 16.8 Å². The first-order chi connectivity index (χ1) is 12.2. The summed E-state index contributed by atoms with van der Waals surface area (Å²) in [7, 11) is 0. The third-order valence-corrected chi connectivity index (χ3v) is 5.08. The smallest absolute Gasteiger partial charge is 0.326 e. The van der Waals surface area contributed by atoms with Gasteiger partial charge in [-0.1, -0.05) is 0 Å². The van der Waals surface area contributed by atoms with Crippen molar-refractivity contribution in [1.29, 1.82) is 0 Å². The average Bonchev–Trinajstić information content (AvgIpc) is 2.60. The quantitative estimate of drug-likeness (QED) is 0.280. The highest BCUT2D eigenvalue weighted by Crippen LogP contribution is 2.03. The minimum absolute atomic E-state index is 0.382. The highest BCUT2D eigenvalue weighted by molar-refractivity contribution is 7.98. The fourth-order valence-electron chi connectivity index (χ4n) is 1.52. The lowest BCUT2D eigenvalue weighted by molar-refractivity contribution is -0.142. The van der Waals surface area contributed by atoms with Crippen LogP contribution in [0.3, 0.4) is 0 Å². The van der Waals surface area contributed by atoms with E-state index in [9.17, 15) is 14.4 Å². The van der Waals surface area contributed by atoms with Crippen molar-refractivity contribution < 1.29 is 24.6 Å². The number of thioether (sulfide) groups is 3. The number of carbonyl (C=O) groups is 3. The highest BCUT2D eigenvalue weighted by Gasteiger charge is 2.22. The van der Waals surface area contributed by atoms with Crippen LogP contribution in [0.5, 0.6) is 0 Å². The molecule has 0 radical (unpaired) electrons. The maximum atomic E-state index is 11.6. The summed E-state index contributed by atoms with van der Waals surface area (Å²) < 4.78 is 0. The van der Waals surface area contributed by atoms with Crippen molar-refractivity contribution in [3.05, 3.63) is 0 Å². The lowest BCUT2D eigenvalue weighted by Crippen LogP contribution is -2.48. The van der Waals surface area contributed by atoms with Crippen molar-refractivity contribution in [2.75, 3.05) is 36.0 Å². The molecule has 0 aromatic carbocycles. The highest BCUT2D eigenvalue weighted by atomic mass is 32.2. The van der Waals surface area contributed by atoms with Gasteiger partial charge in [0.1, 0.15) is 12.1 Å². The van der Waals surface area contributed by atoms with E-state index in [-0.39, 0.29) is 5.91 Å². The molecule has 0 aromatic rings. The van der Waals surface area contributed by atoms with E-state index >= 15 is 0 Å². The summed E-state index contributed by atoms with van der Waals surface area (Å²) in [6.45, 7) is 0. The van der Waals surface area contributed by atoms with Gasteiger partial charge in [0.05, 0.1) is 6.04 Å². The van der Waals surface area contributed by atoms with E-state index in [2.05, 4.69) is 5.32 Å². The molecule has 3 atom stereocenters. The summed E-state index contributed by atoms with van der Waals surface area (Å²) >= 11 is 4.76. The molecule has 154 valence electrons. The first-order valence-electron chi connectivity index (χ1n) is 7.95. The van der Waals surface area contributed by atoms with Gasteiger partial charge in [0.15, 0.2) is 0 Å². The summed E-state index contributed by atoms with van der Waals surface area (Å²) in [5, 5.41) is 19.7. The summed E-state index contributed by atoms with van der Waals surface area (Å²) in [6, 6.07) is -2.15. The Morgan fingerprint density at radius 1 is 0.808 bits per heavy atom. The Balaban J connectivity index is 0. The van der Waals surface area contributed by atoms with E-state index in [1.807, 2.05) is 18.8 Å². The van der Waals surface area contributed by atoms with Gasteiger partial charge in [-0.25, -0.2) is 4.79 Å². The second-order valence-electron chi connectivity index (χ2n) is 5.30. The molecule has 0 aromatic heterocycles. The molecule has 0 aliphatic heterocycles. The Bertz CT molecular complexity index is 416. The molecule has 0 bridgehead atoms. The maximum Gasteiger partial charge on any atom is 0.326 e. The van der Waals surface area contributed by atoms with Crippen molar-refractivity contribution in [2.24, 2.45) is 11.5 Å². The molecule has 1 amide bonds. The van der Waals surface area contributed by atoms with Crippen molar-refractivity contribution in [2.45, 2.75) is 37.4 Å². The minimum Gasteiger partial charge on any atom is -0.480 e. The van der Waals surface area contributed by atoms with E-state index < -0.39 is 30.1 Å². The van der Waals surface area contributed by atoms with Crippen LogP contribution in [-0.2, 0) is 14.4 Å². The topological polar surface area (TPSA) is 156 Å². The van der Waals surface area contributed by atoms with Gasteiger partial charge in [-0.2, -0.15) is 35.3 Å². The standard InChI is InChI=1S/C10H20N2O3S2.C5H11NO2S/c1-16-5-3-7(11)9(13)12-8(10(14)15)4-6-17-2;1-9-3-2-4(6)5(7)8/h7-8H,3-6,11H2,1-2H3,(H,12,13)(H,14,15);4H,2-3,6H2,1H3,(H,7,8)/t7-,8-;/m0./s1. The number of carbonyl (C=O) groups excluding carboxylic acids is 1. The molecule has 1 unspecified atom stereocenters. The van der Waals surface area contributed by atoms with Gasteiger partial charge in [-0.15, -0.1) is 0 Å². The van der Waals surface area contributed by atoms with E-state index in [4.69, 9.17) is 21.7 Å². The average molecular weight is 430 g/mol. The molecule has 0 saturated heterocycles. The summed E-state index contributed by atoms with van der Waals surface area (Å²) in [6.07, 6.45) is 7.28. The minimum atomic E-state index is -1.01. The molecule has 0 heterocycles. The van der Waals surface area contributed by atoms with Gasteiger partial charge in [0.25, 0.3) is 0 Å². The molecule has 0 aliphatic rings. The number of amides is 1. The Morgan fingerprint density at radius 2 is 1.23 bits per heavy atom. The first kappa shape index (κ1) is 27.6. The normalized spacial score (nSPS) is 13.7. The van der Waals surface area contributed by atoms with Crippen molar-refractivity contribution in [3.63, 3.8) is 0 Å². The number of carboxylic acids is 2. The third-order valence-electron chi connectivity index (χ3n) is 3.15. The fourth-order valence-corrected chi connectivity index (χ4v) is 2.97. The largest absolute Gasteiger partial charge is 0.480 e. The van der Waals surface area contributed by atoms with E-state index in [0.717, 1.165) is 11.5 Å². The third kappa shape index (κ3) is 15.6. The maximum absolute atomic E-state index is 11.6. The molecule has 0 aliphatic carbocycles. The second-order valence-corrected chi connectivity index (χ2v) is 8.25. The Labute approximate surface area is 168 Å². The van der Waals surface area contributed by atoms with Gasteiger partial charge in [-0.3, -0.25) is 9.59 Å². The molecular formula is C15H31N3O5S3. The SMILES string of the molecule is CSCCC(N)C(=O)O.CSCC[C@H](NC(=O)[C@@H](N)CCSC)C(=O)O. The van der Waals surface area contributed by atoms with Crippen LogP contribution >= 0.6 is 35.3 Å².